The van der Waals surface area contributed by atoms with Crippen molar-refractivity contribution in [3.8, 4) is 0 Å². The second-order valence-electron chi connectivity index (χ2n) is 4.25. The standard InChI is InChI=1S/C10H24N4OS/c1-8(2)7-13-10(14-11)12-6-5-9(3)16(4)15/h8-9H,5-7,11H2,1-4H3,(H2,12,13,14). The fraction of sp³-hybridized carbons (Fsp3) is 0.900. The Labute approximate surface area is 101 Å². The molecule has 0 saturated carbocycles. The molecule has 16 heavy (non-hydrogen) atoms. The third-order valence-corrected chi connectivity index (χ3v) is 3.53. The largest absolute Gasteiger partial charge is 0.355 e. The molecule has 0 spiro atoms. The van der Waals surface area contributed by atoms with Crippen molar-refractivity contribution < 1.29 is 4.21 Å². The van der Waals surface area contributed by atoms with Crippen LogP contribution in [0.4, 0.5) is 0 Å². The molecule has 0 fully saturated rings. The quantitative estimate of drug-likeness (QED) is 0.272. The van der Waals surface area contributed by atoms with Crippen LogP contribution in [0, 0.1) is 5.92 Å². The summed E-state index contributed by atoms with van der Waals surface area (Å²) in [6.45, 7) is 7.63. The molecule has 0 radical (unpaired) electrons. The lowest BCUT2D eigenvalue weighted by Crippen LogP contribution is -2.42. The maximum Gasteiger partial charge on any atom is 0.205 e. The van der Waals surface area contributed by atoms with E-state index in [9.17, 15) is 4.21 Å². The highest BCUT2D eigenvalue weighted by atomic mass is 32.2. The highest BCUT2D eigenvalue weighted by Gasteiger charge is 2.05. The number of hydrogen-bond donors (Lipinski definition) is 3. The van der Waals surface area contributed by atoms with Crippen molar-refractivity contribution in [2.45, 2.75) is 32.4 Å². The Hall–Kier alpha value is -0.620. The lowest BCUT2D eigenvalue weighted by Gasteiger charge is -2.12. The van der Waals surface area contributed by atoms with Crippen molar-refractivity contribution >= 4 is 16.8 Å². The van der Waals surface area contributed by atoms with E-state index in [1.807, 2.05) is 6.92 Å². The SMILES string of the molecule is CC(C)CN=C(NN)NCCC(C)S(C)=O. The number of hydrogen-bond acceptors (Lipinski definition) is 3. The topological polar surface area (TPSA) is 79.5 Å². The number of nitrogens with one attached hydrogen (secondary N) is 2. The molecule has 0 aliphatic carbocycles. The summed E-state index contributed by atoms with van der Waals surface area (Å²) in [6, 6.07) is 0. The minimum atomic E-state index is -0.770. The van der Waals surface area contributed by atoms with Crippen molar-refractivity contribution in [3.63, 3.8) is 0 Å². The van der Waals surface area contributed by atoms with Gasteiger partial charge in [-0.15, -0.1) is 0 Å². The zero-order valence-corrected chi connectivity index (χ0v) is 11.4. The van der Waals surface area contributed by atoms with Gasteiger partial charge in [-0.25, -0.2) is 5.84 Å². The van der Waals surface area contributed by atoms with E-state index in [2.05, 4.69) is 29.6 Å². The molecule has 0 aliphatic rings. The summed E-state index contributed by atoms with van der Waals surface area (Å²) in [5.74, 6) is 6.44. The minimum Gasteiger partial charge on any atom is -0.355 e. The van der Waals surface area contributed by atoms with Crippen molar-refractivity contribution in [2.75, 3.05) is 19.3 Å². The Morgan fingerprint density at radius 2 is 2.06 bits per heavy atom. The summed E-state index contributed by atoms with van der Waals surface area (Å²) in [5, 5.41) is 3.28. The van der Waals surface area contributed by atoms with Crippen molar-refractivity contribution in [2.24, 2.45) is 16.8 Å². The van der Waals surface area contributed by atoms with Crippen LogP contribution >= 0.6 is 0 Å². The van der Waals surface area contributed by atoms with E-state index in [1.54, 1.807) is 6.26 Å². The molecule has 0 amide bonds. The van der Waals surface area contributed by atoms with E-state index in [4.69, 9.17) is 5.84 Å². The van der Waals surface area contributed by atoms with E-state index in [0.717, 1.165) is 19.5 Å². The van der Waals surface area contributed by atoms with E-state index >= 15 is 0 Å². The lowest BCUT2D eigenvalue weighted by atomic mass is 10.2. The molecule has 4 N–H and O–H groups in total. The van der Waals surface area contributed by atoms with Gasteiger partial charge in [-0.05, 0) is 12.3 Å². The third kappa shape index (κ3) is 7.64. The maximum absolute atomic E-state index is 11.1. The summed E-state index contributed by atoms with van der Waals surface area (Å²) in [6.07, 6.45) is 2.56. The molecule has 6 heteroatoms. The van der Waals surface area contributed by atoms with Gasteiger partial charge in [0, 0.05) is 35.4 Å². The van der Waals surface area contributed by atoms with Gasteiger partial charge in [0.05, 0.1) is 0 Å². The molecule has 5 nitrogen and oxygen atoms in total. The number of nitrogens with zero attached hydrogens (tertiary/aromatic N) is 1. The van der Waals surface area contributed by atoms with Crippen LogP contribution in [-0.2, 0) is 10.8 Å². The molecule has 0 aromatic heterocycles. The third-order valence-electron chi connectivity index (χ3n) is 2.16. The summed E-state index contributed by atoms with van der Waals surface area (Å²) >= 11 is 0. The zero-order chi connectivity index (χ0) is 12.6. The van der Waals surface area contributed by atoms with Crippen LogP contribution in [0.2, 0.25) is 0 Å². The molecule has 0 aliphatic heterocycles. The molecule has 96 valence electrons. The van der Waals surface area contributed by atoms with Crippen LogP contribution < -0.4 is 16.6 Å². The monoisotopic (exact) mass is 248 g/mol. The Morgan fingerprint density at radius 3 is 2.50 bits per heavy atom. The molecular weight excluding hydrogens is 224 g/mol. The van der Waals surface area contributed by atoms with Crippen molar-refractivity contribution in [3.05, 3.63) is 0 Å². The van der Waals surface area contributed by atoms with Gasteiger partial charge >= 0.3 is 0 Å². The predicted molar refractivity (Wildman–Crippen MR) is 70.6 cm³/mol. The fourth-order valence-electron chi connectivity index (χ4n) is 0.986. The number of guanidine groups is 1. The molecule has 0 heterocycles. The normalized spacial score (nSPS) is 16.0. The molecule has 2 unspecified atom stereocenters. The van der Waals surface area contributed by atoms with E-state index < -0.39 is 10.8 Å². The first-order chi connectivity index (χ1) is 7.47. The van der Waals surface area contributed by atoms with Gasteiger partial charge in [-0.3, -0.25) is 14.6 Å². The predicted octanol–water partition coefficient (Wildman–Crippen LogP) is 0.208. The van der Waals surface area contributed by atoms with Crippen LogP contribution in [0.1, 0.15) is 27.2 Å². The van der Waals surface area contributed by atoms with Gasteiger partial charge in [-0.2, -0.15) is 0 Å². The number of nitrogens with two attached hydrogens (primary N) is 1. The smallest absolute Gasteiger partial charge is 0.205 e. The van der Waals surface area contributed by atoms with E-state index in [-0.39, 0.29) is 5.25 Å². The second-order valence-corrected chi connectivity index (χ2v) is 6.05. The first-order valence-electron chi connectivity index (χ1n) is 5.54. The fourth-order valence-corrected chi connectivity index (χ4v) is 1.44. The van der Waals surface area contributed by atoms with Crippen LogP contribution in [0.5, 0.6) is 0 Å². The van der Waals surface area contributed by atoms with Crippen LogP contribution in [0.3, 0.4) is 0 Å². The highest BCUT2D eigenvalue weighted by Crippen LogP contribution is 1.97. The Bertz CT molecular complexity index is 243. The second kappa shape index (κ2) is 8.52. The summed E-state index contributed by atoms with van der Waals surface area (Å²) in [7, 11) is -0.770. The van der Waals surface area contributed by atoms with Crippen LogP contribution in [-0.4, -0.2) is 34.8 Å². The van der Waals surface area contributed by atoms with Crippen molar-refractivity contribution in [1.29, 1.82) is 0 Å². The maximum atomic E-state index is 11.1. The first kappa shape index (κ1) is 15.4. The Balaban J connectivity index is 3.87. The Kier molecular flexibility index (Phi) is 8.19. The molecular formula is C10H24N4OS. The van der Waals surface area contributed by atoms with Gasteiger partial charge in [0.25, 0.3) is 0 Å². The zero-order valence-electron chi connectivity index (χ0n) is 10.6. The molecule has 0 aromatic rings. The molecule has 0 aromatic carbocycles. The van der Waals surface area contributed by atoms with Crippen LogP contribution in [0.15, 0.2) is 4.99 Å². The van der Waals surface area contributed by atoms with Gasteiger partial charge in [0.15, 0.2) is 0 Å². The molecule has 0 bridgehead atoms. The average molecular weight is 248 g/mol. The minimum absolute atomic E-state index is 0.191. The molecule has 0 rings (SSSR count). The van der Waals surface area contributed by atoms with Gasteiger partial charge in [0.2, 0.25) is 5.96 Å². The van der Waals surface area contributed by atoms with Gasteiger partial charge in [-0.1, -0.05) is 20.8 Å². The van der Waals surface area contributed by atoms with E-state index in [0.29, 0.717) is 11.9 Å². The Morgan fingerprint density at radius 1 is 1.44 bits per heavy atom. The van der Waals surface area contributed by atoms with Gasteiger partial charge in [0.1, 0.15) is 0 Å². The molecule has 2 atom stereocenters. The summed E-state index contributed by atoms with van der Waals surface area (Å²) in [4.78, 5) is 4.28. The highest BCUT2D eigenvalue weighted by molar-refractivity contribution is 7.84. The summed E-state index contributed by atoms with van der Waals surface area (Å²) in [5.41, 5.74) is 2.52. The molecule has 0 saturated heterocycles. The average Bonchev–Trinajstić information content (AvgIpc) is 2.22. The van der Waals surface area contributed by atoms with Crippen LogP contribution in [0.25, 0.3) is 0 Å². The number of aliphatic imine (C=N–C) groups is 1. The summed E-state index contributed by atoms with van der Waals surface area (Å²) < 4.78 is 11.1. The number of rotatable bonds is 6. The van der Waals surface area contributed by atoms with E-state index in [1.165, 1.54) is 0 Å². The number of hydrazine groups is 1. The van der Waals surface area contributed by atoms with Crippen molar-refractivity contribution in [1.82, 2.24) is 10.7 Å². The first-order valence-corrected chi connectivity index (χ1v) is 7.16. The lowest BCUT2D eigenvalue weighted by molar-refractivity contribution is 0.650. The van der Waals surface area contributed by atoms with Gasteiger partial charge < -0.3 is 5.32 Å².